The summed E-state index contributed by atoms with van der Waals surface area (Å²) in [5.74, 6) is 1.52. The fraction of sp³-hybridized carbons (Fsp3) is 0.900. The summed E-state index contributed by atoms with van der Waals surface area (Å²) in [6.07, 6.45) is 5.38. The maximum Gasteiger partial charge on any atom is 0.131 e. The van der Waals surface area contributed by atoms with Crippen molar-refractivity contribution in [3.8, 4) is 0 Å². The molecule has 0 radical (unpaired) electrons. The lowest BCUT2D eigenvalue weighted by atomic mass is 10.1. The Morgan fingerprint density at radius 1 is 1.62 bits per heavy atom. The van der Waals surface area contributed by atoms with Gasteiger partial charge in [0, 0.05) is 24.8 Å². The van der Waals surface area contributed by atoms with Gasteiger partial charge in [-0.15, -0.1) is 0 Å². The molecule has 0 aliphatic carbocycles. The summed E-state index contributed by atoms with van der Waals surface area (Å²) < 4.78 is 0. The predicted molar refractivity (Wildman–Crippen MR) is 58.3 cm³/mol. The van der Waals surface area contributed by atoms with E-state index in [0.717, 1.165) is 13.0 Å². The lowest BCUT2D eigenvalue weighted by Crippen LogP contribution is -2.32. The number of carbonyl (C=O) groups excluding carboxylic acids is 1. The summed E-state index contributed by atoms with van der Waals surface area (Å²) in [6, 6.07) is 0.546. The average molecular weight is 201 g/mol. The topological polar surface area (TPSA) is 20.3 Å². The second-order valence-corrected chi connectivity index (χ2v) is 4.72. The Labute approximate surface area is 85.1 Å². The van der Waals surface area contributed by atoms with Crippen LogP contribution in [0.15, 0.2) is 0 Å². The summed E-state index contributed by atoms with van der Waals surface area (Å²) in [5.41, 5.74) is 0. The van der Waals surface area contributed by atoms with Crippen molar-refractivity contribution in [2.45, 2.75) is 32.2 Å². The monoisotopic (exact) mass is 201 g/mol. The molecule has 2 nitrogen and oxygen atoms in total. The van der Waals surface area contributed by atoms with Gasteiger partial charge in [0.25, 0.3) is 0 Å². The Morgan fingerprint density at radius 3 is 3.00 bits per heavy atom. The van der Waals surface area contributed by atoms with E-state index in [0.29, 0.717) is 11.8 Å². The van der Waals surface area contributed by atoms with Crippen LogP contribution in [0.25, 0.3) is 0 Å². The highest BCUT2D eigenvalue weighted by Gasteiger charge is 2.24. The highest BCUT2D eigenvalue weighted by Crippen LogP contribution is 2.20. The van der Waals surface area contributed by atoms with E-state index in [4.69, 9.17) is 0 Å². The minimum absolute atomic E-state index is 0.334. The Kier molecular flexibility index (Phi) is 4.81. The maximum atomic E-state index is 11.0. The molecule has 1 rings (SSSR count). The number of hydrogen-bond donors (Lipinski definition) is 0. The largest absolute Gasteiger partial charge is 0.300 e. The van der Waals surface area contributed by atoms with Gasteiger partial charge in [-0.05, 0) is 32.6 Å². The van der Waals surface area contributed by atoms with Crippen molar-refractivity contribution < 1.29 is 4.79 Å². The number of ketones is 1. The molecular weight excluding hydrogens is 182 g/mol. The van der Waals surface area contributed by atoms with Crippen LogP contribution < -0.4 is 0 Å². The molecule has 0 aromatic rings. The summed E-state index contributed by atoms with van der Waals surface area (Å²) in [4.78, 5) is 13.5. The average Bonchev–Trinajstić information content (AvgIpc) is 2.48. The van der Waals surface area contributed by atoms with Crippen LogP contribution in [0.4, 0.5) is 0 Å². The molecule has 3 heteroatoms. The highest BCUT2D eigenvalue weighted by atomic mass is 32.2. The third-order valence-electron chi connectivity index (χ3n) is 2.60. The SMILES string of the molecule is CSCCN1CCCC1CC(C)=O. The van der Waals surface area contributed by atoms with E-state index in [1.807, 2.05) is 11.8 Å². The molecule has 1 aliphatic rings. The highest BCUT2D eigenvalue weighted by molar-refractivity contribution is 7.98. The Hall–Kier alpha value is -0.0200. The lowest BCUT2D eigenvalue weighted by Gasteiger charge is -2.22. The van der Waals surface area contributed by atoms with E-state index in [2.05, 4.69) is 11.2 Å². The molecule has 1 aliphatic heterocycles. The number of thioether (sulfide) groups is 1. The van der Waals surface area contributed by atoms with Gasteiger partial charge in [-0.2, -0.15) is 11.8 Å². The van der Waals surface area contributed by atoms with E-state index in [1.165, 1.54) is 25.1 Å². The van der Waals surface area contributed by atoms with Crippen LogP contribution in [0.2, 0.25) is 0 Å². The summed E-state index contributed by atoms with van der Waals surface area (Å²) in [6.45, 7) is 4.04. The van der Waals surface area contributed by atoms with Gasteiger partial charge >= 0.3 is 0 Å². The molecule has 0 aromatic carbocycles. The second kappa shape index (κ2) is 5.66. The number of hydrogen-bond acceptors (Lipinski definition) is 3. The smallest absolute Gasteiger partial charge is 0.131 e. The van der Waals surface area contributed by atoms with Crippen LogP contribution in [-0.2, 0) is 4.79 Å². The number of nitrogens with zero attached hydrogens (tertiary/aromatic N) is 1. The Bertz CT molecular complexity index is 172. The third kappa shape index (κ3) is 3.69. The molecule has 0 spiro atoms. The number of rotatable bonds is 5. The third-order valence-corrected chi connectivity index (χ3v) is 3.20. The van der Waals surface area contributed by atoms with Crippen LogP contribution in [0.3, 0.4) is 0 Å². The maximum absolute atomic E-state index is 11.0. The molecule has 0 bridgehead atoms. The van der Waals surface area contributed by atoms with Crippen LogP contribution in [0.1, 0.15) is 26.2 Å². The molecule has 0 aromatic heterocycles. The standard InChI is InChI=1S/C10H19NOS/c1-9(12)8-10-4-3-5-11(10)6-7-13-2/h10H,3-8H2,1-2H3. The van der Waals surface area contributed by atoms with Gasteiger partial charge in [0.05, 0.1) is 0 Å². The Morgan fingerprint density at radius 2 is 2.38 bits per heavy atom. The zero-order chi connectivity index (χ0) is 9.68. The fourth-order valence-electron chi connectivity index (χ4n) is 1.96. The summed E-state index contributed by atoms with van der Waals surface area (Å²) >= 11 is 1.88. The van der Waals surface area contributed by atoms with Gasteiger partial charge in [-0.25, -0.2) is 0 Å². The first-order chi connectivity index (χ1) is 6.24. The normalized spacial score (nSPS) is 23.7. The molecule has 13 heavy (non-hydrogen) atoms. The molecular formula is C10H19NOS. The van der Waals surface area contributed by atoms with E-state index in [9.17, 15) is 4.79 Å². The number of Topliss-reactive ketones (excluding diaryl/α,β-unsaturated/α-hetero) is 1. The number of likely N-dealkylation sites (tertiary alicyclic amines) is 1. The first-order valence-electron chi connectivity index (χ1n) is 4.96. The van der Waals surface area contributed by atoms with E-state index in [1.54, 1.807) is 6.92 Å². The molecule has 1 atom stereocenters. The van der Waals surface area contributed by atoms with Gasteiger partial charge in [0.1, 0.15) is 5.78 Å². The van der Waals surface area contributed by atoms with E-state index >= 15 is 0 Å². The van der Waals surface area contributed by atoms with Crippen molar-refractivity contribution in [3.05, 3.63) is 0 Å². The number of carbonyl (C=O) groups is 1. The second-order valence-electron chi connectivity index (χ2n) is 3.73. The van der Waals surface area contributed by atoms with Gasteiger partial charge in [0.2, 0.25) is 0 Å². The molecule has 1 heterocycles. The van der Waals surface area contributed by atoms with Crippen molar-refractivity contribution in [3.63, 3.8) is 0 Å². The minimum atomic E-state index is 0.334. The first kappa shape index (κ1) is 11.1. The molecule has 1 fully saturated rings. The van der Waals surface area contributed by atoms with Crippen molar-refractivity contribution in [1.82, 2.24) is 4.90 Å². The quantitative estimate of drug-likeness (QED) is 0.676. The molecule has 76 valence electrons. The molecule has 1 saturated heterocycles. The fourth-order valence-corrected chi connectivity index (χ4v) is 2.38. The van der Waals surface area contributed by atoms with Gasteiger partial charge in [-0.3, -0.25) is 9.69 Å². The van der Waals surface area contributed by atoms with Crippen LogP contribution in [0.5, 0.6) is 0 Å². The summed E-state index contributed by atoms with van der Waals surface area (Å²) in [5, 5.41) is 0. The molecule has 1 unspecified atom stereocenters. The Balaban J connectivity index is 2.30. The minimum Gasteiger partial charge on any atom is -0.300 e. The van der Waals surface area contributed by atoms with Crippen molar-refractivity contribution in [2.24, 2.45) is 0 Å². The molecule has 0 N–H and O–H groups in total. The summed E-state index contributed by atoms with van der Waals surface area (Å²) in [7, 11) is 0. The molecule has 0 amide bonds. The van der Waals surface area contributed by atoms with Gasteiger partial charge in [0.15, 0.2) is 0 Å². The zero-order valence-electron chi connectivity index (χ0n) is 8.58. The predicted octanol–water partition coefficient (Wildman–Crippen LogP) is 1.79. The van der Waals surface area contributed by atoms with Crippen LogP contribution in [0, 0.1) is 0 Å². The van der Waals surface area contributed by atoms with E-state index in [-0.39, 0.29) is 0 Å². The van der Waals surface area contributed by atoms with Crippen molar-refractivity contribution in [2.75, 3.05) is 25.1 Å². The zero-order valence-corrected chi connectivity index (χ0v) is 9.40. The first-order valence-corrected chi connectivity index (χ1v) is 6.36. The van der Waals surface area contributed by atoms with Crippen LogP contribution >= 0.6 is 11.8 Å². The van der Waals surface area contributed by atoms with Crippen molar-refractivity contribution >= 4 is 17.5 Å². The van der Waals surface area contributed by atoms with Crippen molar-refractivity contribution in [1.29, 1.82) is 0 Å². The van der Waals surface area contributed by atoms with E-state index < -0.39 is 0 Å². The molecule has 0 saturated carbocycles. The van der Waals surface area contributed by atoms with Crippen LogP contribution in [-0.4, -0.2) is 41.8 Å². The van der Waals surface area contributed by atoms with Gasteiger partial charge < -0.3 is 0 Å². The van der Waals surface area contributed by atoms with Gasteiger partial charge in [-0.1, -0.05) is 0 Å². The lowest BCUT2D eigenvalue weighted by molar-refractivity contribution is -0.118.